The van der Waals surface area contributed by atoms with Crippen molar-refractivity contribution in [3.63, 3.8) is 0 Å². The second-order valence-electron chi connectivity index (χ2n) is 5.69. The van der Waals surface area contributed by atoms with Gasteiger partial charge in [-0.25, -0.2) is 9.37 Å². The van der Waals surface area contributed by atoms with Gasteiger partial charge in [-0.15, -0.1) is 11.3 Å². The van der Waals surface area contributed by atoms with Gasteiger partial charge in [0.05, 0.1) is 10.7 Å². The Morgan fingerprint density at radius 3 is 2.32 bits per heavy atom. The van der Waals surface area contributed by atoms with Gasteiger partial charge in [0, 0.05) is 22.3 Å². The summed E-state index contributed by atoms with van der Waals surface area (Å²) in [5.74, 6) is -0.523. The predicted molar refractivity (Wildman–Crippen MR) is 100 cm³/mol. The highest BCUT2D eigenvalue weighted by Crippen LogP contribution is 2.23. The van der Waals surface area contributed by atoms with E-state index in [1.54, 1.807) is 18.3 Å². The molecular formula is C19H18FN3OS. The number of halogens is 1. The van der Waals surface area contributed by atoms with E-state index in [0.29, 0.717) is 5.69 Å². The second-order valence-corrected chi connectivity index (χ2v) is 6.75. The van der Waals surface area contributed by atoms with Gasteiger partial charge in [-0.05, 0) is 50.2 Å². The Balaban J connectivity index is 1.61. The lowest BCUT2D eigenvalue weighted by atomic mass is 10.1. The van der Waals surface area contributed by atoms with Crippen molar-refractivity contribution in [1.29, 1.82) is 0 Å². The predicted octanol–water partition coefficient (Wildman–Crippen LogP) is 4.70. The van der Waals surface area contributed by atoms with Crippen molar-refractivity contribution in [2.24, 2.45) is 0 Å². The quantitative estimate of drug-likeness (QED) is 0.698. The second kappa shape index (κ2) is 7.44. The van der Waals surface area contributed by atoms with Crippen LogP contribution in [0.1, 0.15) is 11.9 Å². The number of carbonyl (C=O) groups is 1. The largest absolute Gasteiger partial charge is 0.374 e. The average Bonchev–Trinajstić information content (AvgIpc) is 3.04. The molecule has 6 heteroatoms. The maximum Gasteiger partial charge on any atom is 0.246 e. The number of nitrogens with zero attached hydrogens (tertiary/aromatic N) is 1. The van der Waals surface area contributed by atoms with Crippen LogP contribution in [0, 0.1) is 12.7 Å². The zero-order valence-electron chi connectivity index (χ0n) is 13.9. The van der Waals surface area contributed by atoms with Crippen molar-refractivity contribution in [3.8, 4) is 11.3 Å². The lowest BCUT2D eigenvalue weighted by molar-refractivity contribution is -0.116. The minimum Gasteiger partial charge on any atom is -0.374 e. The highest BCUT2D eigenvalue weighted by Gasteiger charge is 2.13. The zero-order valence-corrected chi connectivity index (χ0v) is 14.7. The van der Waals surface area contributed by atoms with Gasteiger partial charge in [-0.2, -0.15) is 0 Å². The molecule has 0 aliphatic rings. The monoisotopic (exact) mass is 355 g/mol. The van der Waals surface area contributed by atoms with Gasteiger partial charge in [-0.1, -0.05) is 12.1 Å². The van der Waals surface area contributed by atoms with Crippen LogP contribution in [0.15, 0.2) is 53.9 Å². The number of carbonyl (C=O) groups excluding carboxylic acids is 1. The molecule has 0 saturated carbocycles. The number of nitrogens with one attached hydrogen (secondary N) is 2. The average molecular weight is 355 g/mol. The molecule has 1 atom stereocenters. The van der Waals surface area contributed by atoms with Gasteiger partial charge < -0.3 is 10.6 Å². The first-order valence-corrected chi connectivity index (χ1v) is 8.75. The van der Waals surface area contributed by atoms with E-state index in [1.807, 2.05) is 36.6 Å². The topological polar surface area (TPSA) is 54.0 Å². The van der Waals surface area contributed by atoms with E-state index < -0.39 is 6.04 Å². The standard InChI is InChI=1S/C19H18FN3OS/c1-12(19(24)23-17-9-5-15(20)6-10-17)21-16-7-3-14(4-8-16)18-11-25-13(2)22-18/h3-12,21H,1-2H3,(H,23,24). The number of benzene rings is 2. The fraction of sp³-hybridized carbons (Fsp3) is 0.158. The Bertz CT molecular complexity index is 859. The van der Waals surface area contributed by atoms with E-state index in [9.17, 15) is 9.18 Å². The van der Waals surface area contributed by atoms with Crippen molar-refractivity contribution in [3.05, 3.63) is 64.7 Å². The number of rotatable bonds is 5. The highest BCUT2D eigenvalue weighted by molar-refractivity contribution is 7.09. The molecule has 1 unspecified atom stereocenters. The van der Waals surface area contributed by atoms with Gasteiger partial charge >= 0.3 is 0 Å². The van der Waals surface area contributed by atoms with Gasteiger partial charge in [0.1, 0.15) is 11.9 Å². The molecule has 4 nitrogen and oxygen atoms in total. The summed E-state index contributed by atoms with van der Waals surface area (Å²) < 4.78 is 12.9. The molecule has 1 heterocycles. The van der Waals surface area contributed by atoms with Crippen LogP contribution in [0.25, 0.3) is 11.3 Å². The van der Waals surface area contributed by atoms with Gasteiger partial charge in [0.15, 0.2) is 0 Å². The maximum atomic E-state index is 12.9. The van der Waals surface area contributed by atoms with E-state index in [0.717, 1.165) is 22.0 Å². The van der Waals surface area contributed by atoms with E-state index in [2.05, 4.69) is 15.6 Å². The van der Waals surface area contributed by atoms with Crippen molar-refractivity contribution in [2.45, 2.75) is 19.9 Å². The molecule has 0 radical (unpaired) electrons. The van der Waals surface area contributed by atoms with Crippen LogP contribution in [-0.4, -0.2) is 16.9 Å². The zero-order chi connectivity index (χ0) is 17.8. The maximum absolute atomic E-state index is 12.9. The third kappa shape index (κ3) is 4.42. The number of hydrogen-bond acceptors (Lipinski definition) is 4. The minimum atomic E-state index is -0.433. The molecular weight excluding hydrogens is 337 g/mol. The number of aromatic nitrogens is 1. The summed E-state index contributed by atoms with van der Waals surface area (Å²) in [4.78, 5) is 16.7. The fourth-order valence-electron chi connectivity index (χ4n) is 2.33. The van der Waals surface area contributed by atoms with Crippen LogP contribution < -0.4 is 10.6 Å². The summed E-state index contributed by atoms with van der Waals surface area (Å²) in [6, 6.07) is 13.0. The van der Waals surface area contributed by atoms with E-state index in [1.165, 1.54) is 24.3 Å². The third-order valence-corrected chi connectivity index (χ3v) is 4.46. The van der Waals surface area contributed by atoms with Crippen LogP contribution in [0.4, 0.5) is 15.8 Å². The van der Waals surface area contributed by atoms with Crippen LogP contribution >= 0.6 is 11.3 Å². The van der Waals surface area contributed by atoms with Crippen LogP contribution in [0.3, 0.4) is 0 Å². The van der Waals surface area contributed by atoms with Gasteiger partial charge in [0.2, 0.25) is 5.91 Å². The summed E-state index contributed by atoms with van der Waals surface area (Å²) in [5.41, 5.74) is 3.40. The number of amides is 1. The summed E-state index contributed by atoms with van der Waals surface area (Å²) in [7, 11) is 0. The molecule has 128 valence electrons. The normalized spacial score (nSPS) is 11.8. The summed E-state index contributed by atoms with van der Waals surface area (Å²) in [6.45, 7) is 3.75. The van der Waals surface area contributed by atoms with Crippen LogP contribution in [-0.2, 0) is 4.79 Å². The molecule has 0 aliphatic heterocycles. The lowest BCUT2D eigenvalue weighted by Gasteiger charge is -2.15. The molecule has 1 aromatic heterocycles. The molecule has 0 spiro atoms. The molecule has 0 bridgehead atoms. The van der Waals surface area contributed by atoms with Crippen molar-refractivity contribution in [2.75, 3.05) is 10.6 Å². The summed E-state index contributed by atoms with van der Waals surface area (Å²) >= 11 is 1.62. The Morgan fingerprint density at radius 2 is 1.72 bits per heavy atom. The number of hydrogen-bond donors (Lipinski definition) is 2. The molecule has 2 N–H and O–H groups in total. The first-order valence-electron chi connectivity index (χ1n) is 7.87. The molecule has 0 aliphatic carbocycles. The molecule has 0 saturated heterocycles. The molecule has 3 aromatic rings. The first-order chi connectivity index (χ1) is 12.0. The van der Waals surface area contributed by atoms with E-state index in [4.69, 9.17) is 0 Å². The summed E-state index contributed by atoms with van der Waals surface area (Å²) in [6.07, 6.45) is 0. The molecule has 2 aromatic carbocycles. The van der Waals surface area contributed by atoms with Gasteiger partial charge in [0.25, 0.3) is 0 Å². The molecule has 0 fully saturated rings. The highest BCUT2D eigenvalue weighted by atomic mass is 32.1. The van der Waals surface area contributed by atoms with Crippen molar-refractivity contribution >= 4 is 28.6 Å². The third-order valence-electron chi connectivity index (χ3n) is 3.69. The van der Waals surface area contributed by atoms with E-state index in [-0.39, 0.29) is 11.7 Å². The molecule has 3 rings (SSSR count). The Morgan fingerprint density at radius 1 is 1.08 bits per heavy atom. The number of thiazole rings is 1. The van der Waals surface area contributed by atoms with Gasteiger partial charge in [-0.3, -0.25) is 4.79 Å². The fourth-order valence-corrected chi connectivity index (χ4v) is 2.95. The Hall–Kier alpha value is -2.73. The SMILES string of the molecule is Cc1nc(-c2ccc(NC(C)C(=O)Nc3ccc(F)cc3)cc2)cs1. The smallest absolute Gasteiger partial charge is 0.246 e. The van der Waals surface area contributed by atoms with Crippen LogP contribution in [0.5, 0.6) is 0 Å². The summed E-state index contributed by atoms with van der Waals surface area (Å²) in [5, 5.41) is 8.96. The van der Waals surface area contributed by atoms with Crippen molar-refractivity contribution in [1.82, 2.24) is 4.98 Å². The Labute approximate surface area is 149 Å². The molecule has 25 heavy (non-hydrogen) atoms. The first kappa shape index (κ1) is 17.1. The lowest BCUT2D eigenvalue weighted by Crippen LogP contribution is -2.31. The van der Waals surface area contributed by atoms with Crippen molar-refractivity contribution < 1.29 is 9.18 Å². The van der Waals surface area contributed by atoms with Crippen LogP contribution in [0.2, 0.25) is 0 Å². The Kier molecular flexibility index (Phi) is 5.09. The van der Waals surface area contributed by atoms with E-state index >= 15 is 0 Å². The minimum absolute atomic E-state index is 0.189. The molecule has 1 amide bonds. The number of aryl methyl sites for hydroxylation is 1. The number of anilines is 2.